The largest absolute Gasteiger partial charge is 0.381 e. The number of anilines is 2. The lowest BCUT2D eigenvalue weighted by Crippen LogP contribution is -2.15. The highest BCUT2D eigenvalue weighted by Crippen LogP contribution is 2.27. The Morgan fingerprint density at radius 1 is 1.10 bits per heavy atom. The summed E-state index contributed by atoms with van der Waals surface area (Å²) in [6.07, 6.45) is 0. The molecule has 0 aliphatic carbocycles. The number of rotatable bonds is 6. The van der Waals surface area contributed by atoms with Crippen LogP contribution in [0.5, 0.6) is 5.75 Å². The van der Waals surface area contributed by atoms with Gasteiger partial charge in [-0.2, -0.15) is 10.2 Å². The molecule has 7 nitrogen and oxygen atoms in total. The fourth-order valence-electron chi connectivity index (χ4n) is 2.84. The Morgan fingerprint density at radius 2 is 1.93 bits per heavy atom. The minimum absolute atomic E-state index is 0.399. The highest BCUT2D eigenvalue weighted by atomic mass is 16.6. The van der Waals surface area contributed by atoms with Gasteiger partial charge in [0.1, 0.15) is 6.07 Å². The standard InChI is InChI=1S/C22H18N6O/c1-15(2)27-29-20-12-11-16(13-17(20)14-23)19-9-6-10-21-25-22(26-28(19)21)24-18-7-4-3-5-8-18/h3-13,27H,1H2,2H3,(H,24,26). The van der Waals surface area contributed by atoms with Crippen LogP contribution in [0.15, 0.2) is 79.0 Å². The summed E-state index contributed by atoms with van der Waals surface area (Å²) < 4.78 is 1.74. The van der Waals surface area contributed by atoms with Crippen molar-refractivity contribution < 1.29 is 4.84 Å². The van der Waals surface area contributed by atoms with Crippen LogP contribution in [-0.4, -0.2) is 14.6 Å². The Hall–Kier alpha value is -4.31. The fourth-order valence-corrected chi connectivity index (χ4v) is 2.84. The fraction of sp³-hybridized carbons (Fsp3) is 0.0455. The van der Waals surface area contributed by atoms with E-state index < -0.39 is 0 Å². The van der Waals surface area contributed by atoms with Crippen molar-refractivity contribution in [2.45, 2.75) is 6.92 Å². The van der Waals surface area contributed by atoms with Crippen molar-refractivity contribution in [3.63, 3.8) is 0 Å². The molecule has 29 heavy (non-hydrogen) atoms. The number of nitrogens with zero attached hydrogens (tertiary/aromatic N) is 4. The SMILES string of the molecule is C=C(C)NOc1ccc(-c2cccc3nc(Nc4ccccc4)nn23)cc1C#N. The van der Waals surface area contributed by atoms with E-state index in [0.29, 0.717) is 28.6 Å². The molecule has 0 amide bonds. The van der Waals surface area contributed by atoms with Gasteiger partial charge in [0.25, 0.3) is 0 Å². The van der Waals surface area contributed by atoms with E-state index in [-0.39, 0.29) is 0 Å². The average Bonchev–Trinajstić information content (AvgIpc) is 3.15. The molecule has 2 aromatic carbocycles. The summed E-state index contributed by atoms with van der Waals surface area (Å²) in [5, 5.41) is 17.3. The van der Waals surface area contributed by atoms with E-state index in [1.165, 1.54) is 0 Å². The van der Waals surface area contributed by atoms with Crippen LogP contribution in [0.3, 0.4) is 0 Å². The summed E-state index contributed by atoms with van der Waals surface area (Å²) in [7, 11) is 0. The van der Waals surface area contributed by atoms with Gasteiger partial charge >= 0.3 is 0 Å². The third-order valence-electron chi connectivity index (χ3n) is 4.12. The third-order valence-corrected chi connectivity index (χ3v) is 4.12. The molecule has 7 heteroatoms. The van der Waals surface area contributed by atoms with Crippen molar-refractivity contribution in [3.8, 4) is 23.1 Å². The van der Waals surface area contributed by atoms with Crippen molar-refractivity contribution in [3.05, 3.63) is 84.6 Å². The maximum absolute atomic E-state index is 9.51. The van der Waals surface area contributed by atoms with Crippen LogP contribution in [0.25, 0.3) is 16.9 Å². The van der Waals surface area contributed by atoms with Gasteiger partial charge in [0.15, 0.2) is 11.4 Å². The average molecular weight is 382 g/mol. The molecule has 0 aliphatic rings. The van der Waals surface area contributed by atoms with E-state index in [0.717, 1.165) is 16.9 Å². The summed E-state index contributed by atoms with van der Waals surface area (Å²) in [6, 6.07) is 23.0. The molecule has 4 aromatic rings. The van der Waals surface area contributed by atoms with E-state index in [1.54, 1.807) is 23.6 Å². The molecule has 2 heterocycles. The Labute approximate surface area is 167 Å². The zero-order valence-corrected chi connectivity index (χ0v) is 15.8. The minimum Gasteiger partial charge on any atom is -0.381 e. The van der Waals surface area contributed by atoms with Crippen LogP contribution in [0, 0.1) is 11.3 Å². The molecule has 2 N–H and O–H groups in total. The molecule has 0 saturated heterocycles. The van der Waals surface area contributed by atoms with Gasteiger partial charge in [-0.05, 0) is 49.4 Å². The Morgan fingerprint density at radius 3 is 2.69 bits per heavy atom. The van der Waals surface area contributed by atoms with Gasteiger partial charge in [-0.3, -0.25) is 0 Å². The molecule has 0 atom stereocenters. The van der Waals surface area contributed by atoms with Crippen molar-refractivity contribution in [1.29, 1.82) is 5.26 Å². The van der Waals surface area contributed by atoms with E-state index in [4.69, 9.17) is 4.84 Å². The molecular weight excluding hydrogens is 364 g/mol. The van der Waals surface area contributed by atoms with Crippen molar-refractivity contribution in [2.75, 3.05) is 5.32 Å². The molecule has 2 aromatic heterocycles. The Bertz CT molecular complexity index is 1220. The van der Waals surface area contributed by atoms with Crippen molar-refractivity contribution in [2.24, 2.45) is 0 Å². The zero-order valence-electron chi connectivity index (χ0n) is 15.8. The maximum atomic E-state index is 9.51. The van der Waals surface area contributed by atoms with Crippen LogP contribution in [-0.2, 0) is 0 Å². The summed E-state index contributed by atoms with van der Waals surface area (Å²) in [4.78, 5) is 9.96. The van der Waals surface area contributed by atoms with Crippen LogP contribution < -0.4 is 15.6 Å². The predicted molar refractivity (Wildman–Crippen MR) is 111 cm³/mol. The number of para-hydroxylation sites is 1. The van der Waals surface area contributed by atoms with Gasteiger partial charge in [-0.15, -0.1) is 5.10 Å². The molecule has 0 unspecified atom stereocenters. The lowest BCUT2D eigenvalue weighted by molar-refractivity contribution is 0.229. The number of nitrogens with one attached hydrogen (secondary N) is 2. The van der Waals surface area contributed by atoms with Crippen molar-refractivity contribution >= 4 is 17.3 Å². The number of benzene rings is 2. The van der Waals surface area contributed by atoms with Crippen molar-refractivity contribution in [1.82, 2.24) is 20.1 Å². The van der Waals surface area contributed by atoms with Gasteiger partial charge < -0.3 is 10.2 Å². The van der Waals surface area contributed by atoms with E-state index in [2.05, 4.69) is 33.5 Å². The normalized spacial score (nSPS) is 10.3. The van der Waals surface area contributed by atoms with Gasteiger partial charge in [0.2, 0.25) is 5.95 Å². The third kappa shape index (κ3) is 3.87. The number of pyridine rings is 1. The first-order valence-electron chi connectivity index (χ1n) is 8.95. The van der Waals surface area contributed by atoms with Crippen LogP contribution >= 0.6 is 0 Å². The van der Waals surface area contributed by atoms with Gasteiger partial charge in [-0.1, -0.05) is 30.8 Å². The maximum Gasteiger partial charge on any atom is 0.247 e. The van der Waals surface area contributed by atoms with Crippen LogP contribution in [0.4, 0.5) is 11.6 Å². The number of fused-ring (bicyclic) bond motifs is 1. The van der Waals surface area contributed by atoms with Gasteiger partial charge in [0, 0.05) is 16.9 Å². The van der Waals surface area contributed by atoms with E-state index >= 15 is 0 Å². The Kier molecular flexibility index (Phi) is 4.82. The van der Waals surface area contributed by atoms with Crippen LogP contribution in [0.2, 0.25) is 0 Å². The summed E-state index contributed by atoms with van der Waals surface area (Å²) in [6.45, 7) is 5.48. The summed E-state index contributed by atoms with van der Waals surface area (Å²) in [5.74, 6) is 0.922. The molecule has 0 spiro atoms. The first kappa shape index (κ1) is 18.1. The number of hydroxylamine groups is 1. The molecule has 0 saturated carbocycles. The monoisotopic (exact) mass is 382 g/mol. The second-order valence-electron chi connectivity index (χ2n) is 6.41. The van der Waals surface area contributed by atoms with E-state index in [9.17, 15) is 5.26 Å². The number of aromatic nitrogens is 3. The highest BCUT2D eigenvalue weighted by Gasteiger charge is 2.12. The smallest absolute Gasteiger partial charge is 0.247 e. The predicted octanol–water partition coefficient (Wildman–Crippen LogP) is 4.43. The topological polar surface area (TPSA) is 87.3 Å². The lowest BCUT2D eigenvalue weighted by atomic mass is 10.1. The molecule has 4 rings (SSSR count). The second kappa shape index (κ2) is 7.74. The molecule has 0 bridgehead atoms. The molecule has 0 aliphatic heterocycles. The first-order valence-corrected chi connectivity index (χ1v) is 8.95. The number of hydrogen-bond donors (Lipinski definition) is 2. The minimum atomic E-state index is 0.399. The molecule has 0 radical (unpaired) electrons. The first-order chi connectivity index (χ1) is 14.1. The van der Waals surface area contributed by atoms with E-state index in [1.807, 2.05) is 54.6 Å². The zero-order chi connectivity index (χ0) is 20.2. The number of nitriles is 1. The summed E-state index contributed by atoms with van der Waals surface area (Å²) in [5.41, 5.74) is 6.95. The van der Waals surface area contributed by atoms with Crippen LogP contribution in [0.1, 0.15) is 12.5 Å². The van der Waals surface area contributed by atoms with Gasteiger partial charge in [0.05, 0.1) is 11.3 Å². The molecular formula is C22H18N6O. The second-order valence-corrected chi connectivity index (χ2v) is 6.41. The number of allylic oxidation sites excluding steroid dienone is 1. The molecule has 142 valence electrons. The lowest BCUT2D eigenvalue weighted by Gasteiger charge is -2.10. The number of hydrogen-bond acceptors (Lipinski definition) is 6. The highest BCUT2D eigenvalue weighted by molar-refractivity contribution is 5.67. The molecule has 0 fully saturated rings. The van der Waals surface area contributed by atoms with Gasteiger partial charge in [-0.25, -0.2) is 10.00 Å². The quantitative estimate of drug-likeness (QED) is 0.480. The summed E-state index contributed by atoms with van der Waals surface area (Å²) >= 11 is 0. The Balaban J connectivity index is 1.70.